The maximum absolute atomic E-state index is 11.6. The zero-order valence-electron chi connectivity index (χ0n) is 11.4. The second-order valence-corrected chi connectivity index (χ2v) is 5.13. The Balaban J connectivity index is 2.10. The number of amides is 1. The lowest BCUT2D eigenvalue weighted by molar-refractivity contribution is -0.00961. The van der Waals surface area contributed by atoms with Gasteiger partial charge in [0.25, 0.3) is 0 Å². The number of nitrogens with zero attached hydrogens (tertiary/aromatic N) is 5. The van der Waals surface area contributed by atoms with Crippen molar-refractivity contribution in [2.24, 2.45) is 0 Å². The molecule has 0 saturated carbocycles. The van der Waals surface area contributed by atoms with E-state index in [1.807, 2.05) is 17.7 Å². The molecule has 0 aromatic rings. The summed E-state index contributed by atoms with van der Waals surface area (Å²) < 4.78 is 1.91. The van der Waals surface area contributed by atoms with Crippen molar-refractivity contribution >= 4 is 6.09 Å². The first-order valence-electron chi connectivity index (χ1n) is 6.84. The highest BCUT2D eigenvalue weighted by Crippen LogP contribution is 2.36. The molecule has 106 valence electrons. The van der Waals surface area contributed by atoms with Gasteiger partial charge in [-0.2, -0.15) is 5.10 Å². The van der Waals surface area contributed by atoms with E-state index in [9.17, 15) is 9.90 Å². The van der Waals surface area contributed by atoms with E-state index in [0.29, 0.717) is 18.8 Å². The minimum atomic E-state index is -0.877. The summed E-state index contributed by atoms with van der Waals surface area (Å²) in [7, 11) is 0. The van der Waals surface area contributed by atoms with Crippen LogP contribution in [0.4, 0.5) is 4.79 Å². The molecule has 3 aliphatic rings. The molecular weight excluding hydrogens is 258 g/mol. The predicted octanol–water partition coefficient (Wildman–Crippen LogP) is 2.00. The van der Waals surface area contributed by atoms with Gasteiger partial charge in [-0.15, -0.1) is 5.10 Å². The SMILES string of the molecule is CCC1(n2cnc3nncc-3c2)CCCCN1C(=O)O. The minimum absolute atomic E-state index is 0.553. The first kappa shape index (κ1) is 12.8. The zero-order valence-corrected chi connectivity index (χ0v) is 11.4. The van der Waals surface area contributed by atoms with E-state index in [-0.39, 0.29) is 0 Å². The van der Waals surface area contributed by atoms with Gasteiger partial charge in [-0.3, -0.25) is 4.90 Å². The average molecular weight is 275 g/mol. The smallest absolute Gasteiger partial charge is 0.409 e. The number of piperidine rings is 1. The molecule has 0 radical (unpaired) electrons. The highest BCUT2D eigenvalue weighted by Gasteiger charge is 2.41. The number of hydrogen-bond donors (Lipinski definition) is 1. The van der Waals surface area contributed by atoms with E-state index in [1.165, 1.54) is 4.90 Å². The Morgan fingerprint density at radius 3 is 3.10 bits per heavy atom. The van der Waals surface area contributed by atoms with Gasteiger partial charge >= 0.3 is 6.09 Å². The summed E-state index contributed by atoms with van der Waals surface area (Å²) in [6, 6.07) is 0. The number of carbonyl (C=O) groups is 1. The fraction of sp³-hybridized carbons (Fsp3) is 0.538. The van der Waals surface area contributed by atoms with Crippen molar-refractivity contribution in [1.29, 1.82) is 0 Å². The van der Waals surface area contributed by atoms with E-state index in [4.69, 9.17) is 0 Å². The second-order valence-electron chi connectivity index (χ2n) is 5.13. The Morgan fingerprint density at radius 1 is 1.50 bits per heavy atom. The highest BCUT2D eigenvalue weighted by molar-refractivity contribution is 5.66. The molecule has 3 heterocycles. The van der Waals surface area contributed by atoms with Gasteiger partial charge in [0.15, 0.2) is 5.82 Å². The van der Waals surface area contributed by atoms with Crippen LogP contribution >= 0.6 is 0 Å². The molecule has 0 aliphatic carbocycles. The van der Waals surface area contributed by atoms with E-state index in [1.54, 1.807) is 12.5 Å². The summed E-state index contributed by atoms with van der Waals surface area (Å²) in [5.74, 6) is 0.588. The number of likely N-dealkylation sites (tertiary alicyclic amines) is 1. The van der Waals surface area contributed by atoms with Crippen LogP contribution in [0.25, 0.3) is 11.4 Å². The summed E-state index contributed by atoms with van der Waals surface area (Å²) in [4.78, 5) is 17.4. The first-order chi connectivity index (χ1) is 9.67. The summed E-state index contributed by atoms with van der Waals surface area (Å²) >= 11 is 0. The summed E-state index contributed by atoms with van der Waals surface area (Å²) in [6.45, 7) is 2.58. The maximum Gasteiger partial charge on any atom is 0.409 e. The van der Waals surface area contributed by atoms with Gasteiger partial charge in [-0.25, -0.2) is 9.78 Å². The third kappa shape index (κ3) is 1.81. The van der Waals surface area contributed by atoms with Crippen molar-refractivity contribution in [1.82, 2.24) is 24.6 Å². The van der Waals surface area contributed by atoms with Gasteiger partial charge < -0.3 is 9.67 Å². The number of rotatable bonds is 2. The zero-order chi connectivity index (χ0) is 14.2. The number of fused-ring (bicyclic) bond motifs is 1. The van der Waals surface area contributed by atoms with Crippen molar-refractivity contribution in [3.8, 4) is 11.4 Å². The van der Waals surface area contributed by atoms with Crippen LogP contribution < -0.4 is 0 Å². The summed E-state index contributed by atoms with van der Waals surface area (Å²) in [6.07, 6.45) is 7.76. The predicted molar refractivity (Wildman–Crippen MR) is 71.3 cm³/mol. The summed E-state index contributed by atoms with van der Waals surface area (Å²) in [5.41, 5.74) is 0.277. The van der Waals surface area contributed by atoms with E-state index < -0.39 is 11.8 Å². The third-order valence-corrected chi connectivity index (χ3v) is 4.18. The Bertz CT molecular complexity index is 598. The number of aromatic nitrogens is 4. The topological polar surface area (TPSA) is 84.1 Å². The average Bonchev–Trinajstić information content (AvgIpc) is 2.94. The van der Waals surface area contributed by atoms with Crippen LogP contribution in [-0.2, 0) is 5.66 Å². The molecule has 7 nitrogen and oxygen atoms in total. The lowest BCUT2D eigenvalue weighted by atomic mass is 9.92. The molecule has 1 atom stereocenters. The van der Waals surface area contributed by atoms with Crippen LogP contribution in [0.3, 0.4) is 0 Å². The molecule has 3 rings (SSSR count). The van der Waals surface area contributed by atoms with Gasteiger partial charge in [0, 0.05) is 12.7 Å². The third-order valence-electron chi connectivity index (χ3n) is 4.18. The van der Waals surface area contributed by atoms with Crippen molar-refractivity contribution in [2.75, 3.05) is 6.54 Å². The Hall–Kier alpha value is -2.18. The van der Waals surface area contributed by atoms with Gasteiger partial charge in [-0.1, -0.05) is 6.92 Å². The van der Waals surface area contributed by atoms with Crippen LogP contribution in [0.2, 0.25) is 0 Å². The lowest BCUT2D eigenvalue weighted by Crippen LogP contribution is -2.55. The maximum atomic E-state index is 11.6. The normalized spacial score (nSPS) is 23.1. The van der Waals surface area contributed by atoms with Crippen LogP contribution in [0.1, 0.15) is 32.6 Å². The molecule has 1 saturated heterocycles. The highest BCUT2D eigenvalue weighted by atomic mass is 16.4. The van der Waals surface area contributed by atoms with Crippen LogP contribution in [0.5, 0.6) is 0 Å². The fourth-order valence-electron chi connectivity index (χ4n) is 3.09. The van der Waals surface area contributed by atoms with E-state index in [2.05, 4.69) is 15.2 Å². The van der Waals surface area contributed by atoms with Gasteiger partial charge in [0.2, 0.25) is 0 Å². The van der Waals surface area contributed by atoms with Crippen LogP contribution in [0.15, 0.2) is 18.7 Å². The molecule has 1 amide bonds. The monoisotopic (exact) mass is 275 g/mol. The molecule has 3 aliphatic heterocycles. The minimum Gasteiger partial charge on any atom is -0.465 e. The molecule has 1 unspecified atom stereocenters. The summed E-state index contributed by atoms with van der Waals surface area (Å²) in [5, 5.41) is 17.2. The molecule has 1 N–H and O–H groups in total. The van der Waals surface area contributed by atoms with Crippen molar-refractivity contribution in [3.63, 3.8) is 0 Å². The molecule has 0 bridgehead atoms. The van der Waals surface area contributed by atoms with E-state index >= 15 is 0 Å². The fourth-order valence-corrected chi connectivity index (χ4v) is 3.09. The number of hydrogen-bond acceptors (Lipinski definition) is 4. The van der Waals surface area contributed by atoms with E-state index in [0.717, 1.165) is 24.8 Å². The Morgan fingerprint density at radius 2 is 2.35 bits per heavy atom. The van der Waals surface area contributed by atoms with Crippen molar-refractivity contribution in [2.45, 2.75) is 38.3 Å². The standard InChI is InChI=1S/C13H17N5O2/c1-2-13(5-3-4-6-18(13)12(19)20)17-8-10-7-15-16-11(10)14-9-17/h7-9H,2-6H2,1H3,(H,19,20). The Kier molecular flexibility index (Phi) is 3.04. The lowest BCUT2D eigenvalue weighted by Gasteiger charge is -2.46. The molecule has 20 heavy (non-hydrogen) atoms. The largest absolute Gasteiger partial charge is 0.465 e. The van der Waals surface area contributed by atoms with Gasteiger partial charge in [0.1, 0.15) is 5.66 Å². The van der Waals surface area contributed by atoms with Crippen molar-refractivity contribution in [3.05, 3.63) is 18.7 Å². The molecule has 0 spiro atoms. The second kappa shape index (κ2) is 4.73. The van der Waals surface area contributed by atoms with Crippen LogP contribution in [-0.4, -0.2) is 42.4 Å². The molecular formula is C13H17N5O2. The Labute approximate surface area is 116 Å². The quantitative estimate of drug-likeness (QED) is 0.906. The molecule has 0 aromatic carbocycles. The molecule has 0 aromatic heterocycles. The molecule has 1 fully saturated rings. The van der Waals surface area contributed by atoms with Gasteiger partial charge in [0.05, 0.1) is 18.1 Å². The van der Waals surface area contributed by atoms with Crippen molar-refractivity contribution < 1.29 is 9.90 Å². The van der Waals surface area contributed by atoms with Gasteiger partial charge in [-0.05, 0) is 25.7 Å². The number of carboxylic acid groups (broad SMARTS) is 1. The first-order valence-corrected chi connectivity index (χ1v) is 6.84. The molecule has 7 heteroatoms. The van der Waals surface area contributed by atoms with Crippen LogP contribution in [0, 0.1) is 0 Å².